The topological polar surface area (TPSA) is 113 Å². The Morgan fingerprint density at radius 3 is 2.96 bits per heavy atom. The van der Waals surface area contributed by atoms with E-state index in [0.717, 1.165) is 63.1 Å². The number of benzene rings is 2. The number of hydrogen-bond donors (Lipinski definition) is 2. The number of likely N-dealkylation sites (N-methyl/N-ethyl adjacent to an activating group) is 1. The molecule has 0 aliphatic carbocycles. The maximum absolute atomic E-state index is 17.2. The number of halogens is 3. The molecule has 0 bridgehead atoms. The number of nitrogen functional groups attached to an aromatic ring is 1. The number of anilines is 2. The van der Waals surface area contributed by atoms with Gasteiger partial charge in [0.25, 0.3) is 0 Å². The fourth-order valence-electron chi connectivity index (χ4n) is 8.27. The minimum absolute atomic E-state index is 0.00887. The average molecular weight is 666 g/mol. The molecule has 3 fully saturated rings. The highest BCUT2D eigenvalue weighted by Gasteiger charge is 2.48. The van der Waals surface area contributed by atoms with Crippen LogP contribution in [-0.4, -0.2) is 72.4 Å². The molecule has 8 rings (SSSR count). The highest BCUT2D eigenvalue weighted by molar-refractivity contribution is 7.23. The third-order valence-electron chi connectivity index (χ3n) is 10.3. The van der Waals surface area contributed by atoms with Crippen molar-refractivity contribution in [3.05, 3.63) is 34.4 Å². The molecule has 9 nitrogen and oxygen atoms in total. The minimum Gasteiger partial charge on any atom is -0.486 e. The summed E-state index contributed by atoms with van der Waals surface area (Å²) in [4.78, 5) is 14.1. The smallest absolute Gasteiger partial charge is 0.319 e. The van der Waals surface area contributed by atoms with Crippen molar-refractivity contribution in [3.63, 3.8) is 0 Å². The summed E-state index contributed by atoms with van der Waals surface area (Å²) in [6.07, 6.45) is 4.53. The van der Waals surface area contributed by atoms with Crippen LogP contribution in [0.4, 0.5) is 19.6 Å². The molecule has 2 unspecified atom stereocenters. The molecule has 0 radical (unpaired) electrons. The number of fused-ring (bicyclic) bond motifs is 3. The van der Waals surface area contributed by atoms with Gasteiger partial charge < -0.3 is 25.4 Å². The molecule has 4 aliphatic rings. The highest BCUT2D eigenvalue weighted by atomic mass is 35.5. The summed E-state index contributed by atoms with van der Waals surface area (Å²) in [6, 6.07) is 4.70. The fraction of sp³-hybridized carbons (Fsp3) is 0.485. The lowest BCUT2D eigenvalue weighted by Crippen LogP contribution is -2.48. The maximum Gasteiger partial charge on any atom is 0.319 e. The van der Waals surface area contributed by atoms with Crippen LogP contribution in [-0.2, 0) is 0 Å². The molecule has 0 saturated carbocycles. The van der Waals surface area contributed by atoms with Gasteiger partial charge in [-0.05, 0) is 62.7 Å². The molecule has 46 heavy (non-hydrogen) atoms. The van der Waals surface area contributed by atoms with Crippen molar-refractivity contribution in [3.8, 4) is 29.0 Å². The van der Waals surface area contributed by atoms with E-state index in [1.165, 1.54) is 12.1 Å². The Kier molecular flexibility index (Phi) is 7.17. The molecule has 3 N–H and O–H groups in total. The van der Waals surface area contributed by atoms with E-state index >= 15 is 8.78 Å². The highest BCUT2D eigenvalue weighted by Crippen LogP contribution is 2.52. The van der Waals surface area contributed by atoms with Crippen molar-refractivity contribution >= 4 is 54.7 Å². The van der Waals surface area contributed by atoms with Gasteiger partial charge >= 0.3 is 6.01 Å². The first-order valence-corrected chi connectivity index (χ1v) is 17.0. The van der Waals surface area contributed by atoms with Gasteiger partial charge in [0, 0.05) is 31.1 Å². The van der Waals surface area contributed by atoms with Gasteiger partial charge in [0.05, 0.1) is 32.3 Å². The summed E-state index contributed by atoms with van der Waals surface area (Å²) >= 11 is 8.08. The number of nitriles is 1. The van der Waals surface area contributed by atoms with E-state index in [4.69, 9.17) is 31.8 Å². The number of aromatic nitrogens is 2. The zero-order valence-corrected chi connectivity index (χ0v) is 27.2. The van der Waals surface area contributed by atoms with Crippen LogP contribution >= 0.6 is 22.9 Å². The lowest BCUT2D eigenvalue weighted by molar-refractivity contribution is 0.107. The zero-order chi connectivity index (χ0) is 31.9. The number of ether oxygens (including phenoxy) is 2. The van der Waals surface area contributed by atoms with Gasteiger partial charge in [0.1, 0.15) is 40.9 Å². The molecule has 3 saturated heterocycles. The molecule has 0 amide bonds. The van der Waals surface area contributed by atoms with Crippen molar-refractivity contribution < 1.29 is 18.3 Å². The average Bonchev–Trinajstić information content (AvgIpc) is 3.58. The van der Waals surface area contributed by atoms with E-state index in [2.05, 4.69) is 28.2 Å². The zero-order valence-electron chi connectivity index (χ0n) is 25.6. The summed E-state index contributed by atoms with van der Waals surface area (Å²) < 4.78 is 45.5. The molecule has 4 aromatic rings. The van der Waals surface area contributed by atoms with Crippen LogP contribution in [0.3, 0.4) is 0 Å². The van der Waals surface area contributed by atoms with Crippen molar-refractivity contribution in [2.75, 3.05) is 50.5 Å². The molecule has 4 atom stereocenters. The predicted octanol–water partition coefficient (Wildman–Crippen LogP) is 6.10. The molecule has 6 heterocycles. The van der Waals surface area contributed by atoms with E-state index in [0.29, 0.717) is 30.3 Å². The van der Waals surface area contributed by atoms with Gasteiger partial charge in [-0.2, -0.15) is 15.2 Å². The van der Waals surface area contributed by atoms with E-state index in [-0.39, 0.29) is 71.8 Å². The van der Waals surface area contributed by atoms with Crippen LogP contribution in [0.15, 0.2) is 12.1 Å². The number of thiophene rings is 1. The molecule has 2 aromatic carbocycles. The predicted molar refractivity (Wildman–Crippen MR) is 176 cm³/mol. The van der Waals surface area contributed by atoms with E-state index in [1.807, 2.05) is 11.9 Å². The maximum atomic E-state index is 17.2. The van der Waals surface area contributed by atoms with Crippen LogP contribution in [0.1, 0.15) is 44.6 Å². The van der Waals surface area contributed by atoms with Gasteiger partial charge in [-0.3, -0.25) is 4.90 Å². The van der Waals surface area contributed by atoms with Gasteiger partial charge in [-0.1, -0.05) is 24.6 Å². The fourth-order valence-corrected chi connectivity index (χ4v) is 9.54. The van der Waals surface area contributed by atoms with Crippen LogP contribution in [0.25, 0.3) is 32.1 Å². The van der Waals surface area contributed by atoms with E-state index in [1.54, 1.807) is 0 Å². The molecule has 2 aromatic heterocycles. The lowest BCUT2D eigenvalue weighted by Gasteiger charge is -2.32. The summed E-state index contributed by atoms with van der Waals surface area (Å²) in [6.45, 7) is 6.22. The molecule has 4 aliphatic heterocycles. The van der Waals surface area contributed by atoms with Crippen LogP contribution < -0.4 is 25.4 Å². The quantitative estimate of drug-likeness (QED) is 0.267. The van der Waals surface area contributed by atoms with Crippen LogP contribution in [0.2, 0.25) is 5.02 Å². The van der Waals surface area contributed by atoms with Crippen LogP contribution in [0.5, 0.6) is 11.8 Å². The Hall–Kier alpha value is -3.50. The Balaban J connectivity index is 1.35. The second kappa shape index (κ2) is 11.0. The molecular weight excluding hydrogens is 632 g/mol. The van der Waals surface area contributed by atoms with Gasteiger partial charge in [0.2, 0.25) is 0 Å². The molecule has 0 spiro atoms. The van der Waals surface area contributed by atoms with Gasteiger partial charge in [0.15, 0.2) is 11.6 Å². The second-order valence-corrected chi connectivity index (χ2v) is 14.6. The van der Waals surface area contributed by atoms with Crippen molar-refractivity contribution in [2.24, 2.45) is 5.92 Å². The first kappa shape index (κ1) is 29.9. The van der Waals surface area contributed by atoms with Crippen molar-refractivity contribution in [1.82, 2.24) is 20.2 Å². The SMILES string of the molecule is C[C@H]1CN2CCC[C@@]2(COc2nc3c4c(c(Cl)c(-c5ccc(F)c6sc(N)c(C#N)c56)c(F)c4n2)OC2CCCNCC2N3C)C1. The number of rotatable bonds is 4. The second-order valence-electron chi connectivity index (χ2n) is 13.2. The standard InChI is InChI=1S/C33H34ClF2N7O2S/c1-16-11-33(8-4-10-43(33)14-16)15-44-32-40-27-24-28(45-21-5-3-9-39-13-20(21)42(2)31(24)41-32)25(34)23(26(27)36)17-6-7-19(35)29-22(17)18(12-37)30(38)46-29/h6-7,16,20-21,39H,3-5,8-11,13-15,38H2,1-2H3/t16-,20?,21?,33+/m1/s1. The monoisotopic (exact) mass is 665 g/mol. The Labute approximate surface area is 274 Å². The third kappa shape index (κ3) is 4.43. The Morgan fingerprint density at radius 2 is 2.13 bits per heavy atom. The Bertz CT molecular complexity index is 1950. The number of hydrogen-bond acceptors (Lipinski definition) is 10. The molecule has 240 valence electrons. The summed E-state index contributed by atoms with van der Waals surface area (Å²) in [5, 5.41) is 14.2. The van der Waals surface area contributed by atoms with Crippen molar-refractivity contribution in [2.45, 2.75) is 56.7 Å². The Morgan fingerprint density at radius 1 is 1.28 bits per heavy atom. The third-order valence-corrected chi connectivity index (χ3v) is 11.7. The van der Waals surface area contributed by atoms with Crippen LogP contribution in [0, 0.1) is 28.9 Å². The lowest BCUT2D eigenvalue weighted by atomic mass is 9.92. The van der Waals surface area contributed by atoms with Gasteiger partial charge in [-0.15, -0.1) is 11.3 Å². The summed E-state index contributed by atoms with van der Waals surface area (Å²) in [5.74, 6) is 0.0175. The van der Waals surface area contributed by atoms with E-state index in [9.17, 15) is 5.26 Å². The number of nitrogens with one attached hydrogen (secondary N) is 1. The summed E-state index contributed by atoms with van der Waals surface area (Å²) in [5.41, 5.74) is 6.32. The van der Waals surface area contributed by atoms with E-state index < -0.39 is 11.6 Å². The first-order chi connectivity index (χ1) is 22.2. The van der Waals surface area contributed by atoms with Gasteiger partial charge in [-0.25, -0.2) is 8.78 Å². The van der Waals surface area contributed by atoms with Crippen molar-refractivity contribution in [1.29, 1.82) is 5.26 Å². The largest absolute Gasteiger partial charge is 0.486 e. The normalized spacial score (nSPS) is 26.0. The summed E-state index contributed by atoms with van der Waals surface area (Å²) in [7, 11) is 1.93. The molecule has 13 heteroatoms. The minimum atomic E-state index is -0.730. The number of nitrogens with zero attached hydrogens (tertiary/aromatic N) is 5. The molecular formula is C33H34ClF2N7O2S. The number of nitrogens with two attached hydrogens (primary N) is 1. The first-order valence-electron chi connectivity index (χ1n) is 15.8.